The maximum Gasteiger partial charge on any atom is 0.132 e. The van der Waals surface area contributed by atoms with Crippen LogP contribution in [0.3, 0.4) is 0 Å². The van der Waals surface area contributed by atoms with Crippen LogP contribution in [0.15, 0.2) is 16.6 Å². The van der Waals surface area contributed by atoms with Crippen LogP contribution in [-0.4, -0.2) is 110 Å². The van der Waals surface area contributed by atoms with Gasteiger partial charge in [0.05, 0.1) is 110 Å². The standard InChI is InChI=1S/C18H26O6.C18H20O4.C16H22O6.C16H16O4.C14H16O4.C11H11BrO4.C11H13NO4/c1-5-7-9-23-15-11(3)14(18(21)22)16(24-10-8-6-2)12(4)13(15)17(19)20;1-7-9(3)15(17(19)20)12(6)14-8(2)10(4)16(18(21)22)11(5)13(7)14;1-5-7-21-13-9(3)12(16(19)20)14(22-8-6-2)10(4)11(13)15(17)18;1-7-5-11-12(6-8(7)2)14(16(19)20)10(4)9(3)13(11)15(17)18;1-5-6(2)10-9(5)11(13(15)16)7(3)8(4)12(10)14(17)18;2*1-4-5(2)8(11(15)16)9(12)6(3)7(4)10(13)14/h5-10H2,1-4H3,(H,19,20)(H,21,22);1-6H3,(H,19,20)(H,21,22);5-8H2,1-4H3,(H,17,18)(H,19,20);5-6H,1-4H3,(H,17,18)(H,19,20);5-6H,1-4H3,(H,15,16)(H,17,18);1-3H3,(H,13,14)(H,15,16);12H2,1-3H3,(H,13,14)(H,15,16)/p-14. The van der Waals surface area contributed by atoms with E-state index in [4.69, 9.17) is 24.7 Å². The third-order valence-corrected chi connectivity index (χ3v) is 26.3. The fraction of sp³-hybridized carbons (Fsp3) is 0.385. The van der Waals surface area contributed by atoms with Crippen molar-refractivity contribution in [2.75, 3.05) is 32.2 Å². The largest absolute Gasteiger partial charge is 0.545 e. The molecule has 9 aromatic carbocycles. The second kappa shape index (κ2) is 48.3. The van der Waals surface area contributed by atoms with Crippen LogP contribution in [0.4, 0.5) is 5.69 Å². The number of rotatable bonds is 28. The number of ether oxygens (including phenoxy) is 4. The van der Waals surface area contributed by atoms with Crippen molar-refractivity contribution in [2.24, 2.45) is 0 Å². The maximum atomic E-state index is 11.6. The van der Waals surface area contributed by atoms with Gasteiger partial charge < -0.3 is 163 Å². The lowest BCUT2D eigenvalue weighted by atomic mass is 9.64. The van der Waals surface area contributed by atoms with Gasteiger partial charge in [0, 0.05) is 110 Å². The Hall–Kier alpha value is -14.4. The highest BCUT2D eigenvalue weighted by molar-refractivity contribution is 9.10. The fourth-order valence-corrected chi connectivity index (χ4v) is 17.7. The molecule has 0 aromatic heterocycles. The first-order valence-corrected chi connectivity index (χ1v) is 44.5. The molecule has 0 saturated heterocycles. The number of anilines is 1. The molecule has 0 heterocycles. The Morgan fingerprint density at radius 1 is 0.246 bits per heavy atom. The number of nitrogen functional groups attached to an aromatic ring is 1. The van der Waals surface area contributed by atoms with Gasteiger partial charge in [-0.3, -0.25) is 0 Å². The maximum absolute atomic E-state index is 11.6. The van der Waals surface area contributed by atoms with Gasteiger partial charge >= 0.3 is 0 Å². The predicted octanol–water partition coefficient (Wildman–Crippen LogP) is 3.49. The molecule has 1 aliphatic carbocycles. The zero-order valence-corrected chi connectivity index (χ0v) is 84.0. The highest BCUT2D eigenvalue weighted by Gasteiger charge is 2.38. The average Bonchev–Trinajstić information content (AvgIpc) is 0.705. The highest BCUT2D eigenvalue weighted by atomic mass is 79.9. The summed E-state index contributed by atoms with van der Waals surface area (Å²) in [5.74, 6) is -18.5. The third kappa shape index (κ3) is 24.0. The van der Waals surface area contributed by atoms with Crippen LogP contribution in [0.25, 0.3) is 21.5 Å². The minimum atomic E-state index is -1.43. The number of unbranched alkanes of at least 4 members (excludes halogenated alkanes) is 2. The van der Waals surface area contributed by atoms with Crippen LogP contribution >= 0.6 is 15.9 Å². The van der Waals surface area contributed by atoms with E-state index in [0.717, 1.165) is 58.7 Å². The molecule has 0 amide bonds. The van der Waals surface area contributed by atoms with E-state index in [-0.39, 0.29) is 164 Å². The van der Waals surface area contributed by atoms with Crippen LogP contribution < -0.4 is 96.2 Å². The van der Waals surface area contributed by atoms with E-state index in [9.17, 15) is 139 Å². The van der Waals surface area contributed by atoms with Crippen LogP contribution in [0.2, 0.25) is 0 Å². The molecule has 10 rings (SSSR count). The molecule has 9 aromatic rings. The molecule has 0 fully saturated rings. The molecule has 2 atom stereocenters. The number of aryl methyl sites for hydroxylation is 6. The van der Waals surface area contributed by atoms with Crippen molar-refractivity contribution in [1.29, 1.82) is 0 Å². The van der Waals surface area contributed by atoms with E-state index < -0.39 is 83.6 Å². The lowest BCUT2D eigenvalue weighted by Crippen LogP contribution is -2.36. The monoisotopic (exact) mass is 1960 g/mol. The van der Waals surface area contributed by atoms with Gasteiger partial charge in [0.2, 0.25) is 0 Å². The number of carboxylic acid groups (broad SMARTS) is 14. The zero-order chi connectivity index (χ0) is 106. The number of nitrogens with two attached hydrogens (primary N) is 1. The minimum Gasteiger partial charge on any atom is -0.545 e. The number of fused-ring (bicyclic) bond motifs is 3. The van der Waals surface area contributed by atoms with Gasteiger partial charge in [-0.2, -0.15) is 0 Å². The van der Waals surface area contributed by atoms with E-state index in [1.807, 2.05) is 69.2 Å². The Balaban J connectivity index is 0.000000338. The summed E-state index contributed by atoms with van der Waals surface area (Å²) in [6.45, 7) is 48.2. The Morgan fingerprint density at radius 2 is 0.449 bits per heavy atom. The predicted molar refractivity (Wildman–Crippen MR) is 486 cm³/mol. The molecule has 0 spiro atoms. The SMILES string of the molecule is CCCCOc1c(C)c(C(=O)[O-])c(OCCCC)c(C)c1C(=O)[O-].CCCOc1c(C)c(C(=O)[O-])c(OCCC)c(C)c1C(=O)[O-].Cc1c(C(=O)[O-])c(C)c2c(C)c(C)c(C(=O)[O-])c(C)c2c1C.Cc1c(C)c(C(=O)[O-])c(Br)c(C)c1C(=O)[O-].Cc1c(C)c(C(=O)[O-])c(N)c(C)c1C(=O)[O-].Cc1c(C)c(C(=O)[O-])c2c(c1C(=O)[O-])C(C)C2C.Cc1cc2c(C(=O)[O-])c(C)c(C)c(C(=O)[O-])c2cc1C. The first-order valence-electron chi connectivity index (χ1n) is 43.7. The van der Waals surface area contributed by atoms with Crippen molar-refractivity contribution in [2.45, 2.75) is 244 Å². The number of halogens is 1. The van der Waals surface area contributed by atoms with E-state index in [2.05, 4.69) is 15.9 Å². The van der Waals surface area contributed by atoms with E-state index in [1.165, 1.54) is 62.3 Å². The molecule has 138 heavy (non-hydrogen) atoms. The summed E-state index contributed by atoms with van der Waals surface area (Å²) in [5.41, 5.74) is 16.7. The number of benzene rings is 9. The number of carbonyl (C=O) groups is 14. The summed E-state index contributed by atoms with van der Waals surface area (Å²) < 4.78 is 22.2. The minimum absolute atomic E-state index is 0.00222. The summed E-state index contributed by atoms with van der Waals surface area (Å²) in [6, 6.07) is 3.38. The third-order valence-electron chi connectivity index (χ3n) is 25.3. The van der Waals surface area contributed by atoms with E-state index in [0.29, 0.717) is 120 Å². The molecular weight excluding hydrogens is 1860 g/mol. The summed E-state index contributed by atoms with van der Waals surface area (Å²) in [7, 11) is 0. The Morgan fingerprint density at radius 3 is 0.688 bits per heavy atom. The van der Waals surface area contributed by atoms with Gasteiger partial charge in [0.1, 0.15) is 23.0 Å². The van der Waals surface area contributed by atoms with E-state index in [1.54, 1.807) is 74.4 Å². The molecule has 0 saturated carbocycles. The first-order chi connectivity index (χ1) is 63.9. The van der Waals surface area contributed by atoms with E-state index >= 15 is 0 Å². The van der Waals surface area contributed by atoms with Gasteiger partial charge in [-0.05, 0) is 339 Å². The molecule has 744 valence electrons. The lowest BCUT2D eigenvalue weighted by molar-refractivity contribution is -0.256. The molecule has 34 heteroatoms. The second-order valence-corrected chi connectivity index (χ2v) is 34.3. The Labute approximate surface area is 807 Å². The molecule has 2 N–H and O–H groups in total. The van der Waals surface area contributed by atoms with Crippen LogP contribution in [-0.2, 0) is 0 Å². The summed E-state index contributed by atoms with van der Waals surface area (Å²) in [6.07, 6.45) is 4.48. The Kier molecular flexibility index (Phi) is 40.6. The molecule has 0 radical (unpaired) electrons. The number of hydrogen-bond acceptors (Lipinski definition) is 33. The van der Waals surface area contributed by atoms with Crippen LogP contribution in [0.1, 0.15) is 370 Å². The van der Waals surface area contributed by atoms with Gasteiger partial charge in [-0.1, -0.05) is 66.5 Å². The van der Waals surface area contributed by atoms with Crippen molar-refractivity contribution in [3.05, 3.63) is 228 Å². The van der Waals surface area contributed by atoms with Crippen molar-refractivity contribution in [1.82, 2.24) is 0 Å². The summed E-state index contributed by atoms with van der Waals surface area (Å²) in [5, 5.41) is 160. The normalized spacial score (nSPS) is 11.9. The van der Waals surface area contributed by atoms with Crippen molar-refractivity contribution >= 4 is 127 Å². The first kappa shape index (κ1) is 116. The molecule has 1 aliphatic rings. The van der Waals surface area contributed by atoms with Gasteiger partial charge in [0.15, 0.2) is 0 Å². The number of hydrogen-bond donors (Lipinski definition) is 1. The van der Waals surface area contributed by atoms with Crippen molar-refractivity contribution in [3.8, 4) is 23.0 Å². The number of aromatic carboxylic acids is 14. The molecule has 33 nitrogen and oxygen atoms in total. The molecule has 0 aliphatic heterocycles. The molecule has 0 bridgehead atoms. The van der Waals surface area contributed by atoms with Crippen molar-refractivity contribution < 1.29 is 158 Å². The molecule has 2 unspecified atom stereocenters. The fourth-order valence-electron chi connectivity index (χ4n) is 17.0. The zero-order valence-electron chi connectivity index (χ0n) is 82.4. The lowest BCUT2D eigenvalue weighted by Gasteiger charge is -2.41. The summed E-state index contributed by atoms with van der Waals surface area (Å²) >= 11 is 3.07. The van der Waals surface area contributed by atoms with Gasteiger partial charge in [-0.25, -0.2) is 0 Å². The van der Waals surface area contributed by atoms with Crippen LogP contribution in [0, 0.1) is 152 Å². The van der Waals surface area contributed by atoms with Crippen LogP contribution in [0.5, 0.6) is 23.0 Å². The molecular formula is C104H110BrNO32-14. The quantitative estimate of drug-likeness (QED) is 0.0541. The smallest absolute Gasteiger partial charge is 0.132 e. The highest BCUT2D eigenvalue weighted by Crippen LogP contribution is 2.52. The topological polar surface area (TPSA) is 625 Å². The van der Waals surface area contributed by atoms with Crippen molar-refractivity contribution in [3.63, 3.8) is 0 Å². The summed E-state index contributed by atoms with van der Waals surface area (Å²) in [4.78, 5) is 158. The number of carboxylic acids is 14. The van der Waals surface area contributed by atoms with Gasteiger partial charge in [-0.15, -0.1) is 0 Å². The average molecular weight is 1970 g/mol. The second-order valence-electron chi connectivity index (χ2n) is 33.6. The number of carbonyl (C=O) groups excluding carboxylic acids is 14. The van der Waals surface area contributed by atoms with Gasteiger partial charge in [0.25, 0.3) is 0 Å². The Bertz CT molecular complexity index is 5970.